The molecular formula is C54H95NO7P+. The van der Waals surface area contributed by atoms with E-state index in [4.69, 9.17) is 18.5 Å². The van der Waals surface area contributed by atoms with E-state index in [9.17, 15) is 14.3 Å². The quantitative estimate of drug-likeness (QED) is 0.0214. The summed E-state index contributed by atoms with van der Waals surface area (Å²) in [6, 6.07) is 0. The van der Waals surface area contributed by atoms with Crippen molar-refractivity contribution in [3.05, 3.63) is 97.2 Å². The predicted molar refractivity (Wildman–Crippen MR) is 270 cm³/mol. The van der Waals surface area contributed by atoms with Crippen LogP contribution in [0.2, 0.25) is 0 Å². The minimum Gasteiger partial charge on any atom is -0.457 e. The molecule has 0 aliphatic carbocycles. The predicted octanol–water partition coefficient (Wildman–Crippen LogP) is 15.4. The first-order valence-electron chi connectivity index (χ1n) is 25.0. The number of esters is 1. The van der Waals surface area contributed by atoms with E-state index in [0.717, 1.165) is 103 Å². The molecule has 0 radical (unpaired) electrons. The van der Waals surface area contributed by atoms with Crippen LogP contribution in [0.15, 0.2) is 97.2 Å². The van der Waals surface area contributed by atoms with Crippen molar-refractivity contribution in [2.75, 3.05) is 54.1 Å². The molecule has 63 heavy (non-hydrogen) atoms. The first kappa shape index (κ1) is 60.4. The lowest BCUT2D eigenvalue weighted by Gasteiger charge is -2.24. The summed E-state index contributed by atoms with van der Waals surface area (Å²) in [6.45, 7) is 5.42. The van der Waals surface area contributed by atoms with Gasteiger partial charge in [-0.2, -0.15) is 0 Å². The first-order chi connectivity index (χ1) is 30.6. The molecule has 0 heterocycles. The number of carbonyl (C=O) groups excluding carboxylic acids is 1. The van der Waals surface area contributed by atoms with Crippen molar-refractivity contribution in [2.45, 2.75) is 187 Å². The zero-order valence-corrected chi connectivity index (χ0v) is 41.9. The molecule has 0 saturated carbocycles. The topological polar surface area (TPSA) is 91.3 Å². The summed E-state index contributed by atoms with van der Waals surface area (Å²) in [5.41, 5.74) is 0. The molecule has 2 atom stereocenters. The van der Waals surface area contributed by atoms with Crippen LogP contribution in [0.1, 0.15) is 181 Å². The van der Waals surface area contributed by atoms with Crippen LogP contribution in [0.3, 0.4) is 0 Å². The molecule has 2 unspecified atom stereocenters. The number of hydrogen-bond donors (Lipinski definition) is 1. The zero-order chi connectivity index (χ0) is 46.2. The van der Waals surface area contributed by atoms with Crippen LogP contribution in [0.5, 0.6) is 0 Å². The molecule has 0 aromatic rings. The van der Waals surface area contributed by atoms with Gasteiger partial charge < -0.3 is 18.9 Å². The minimum absolute atomic E-state index is 0.0777. The van der Waals surface area contributed by atoms with Crippen LogP contribution in [-0.2, 0) is 27.9 Å². The Balaban J connectivity index is 4.23. The summed E-state index contributed by atoms with van der Waals surface area (Å²) in [5, 5.41) is 0. The number of hydrogen-bond acceptors (Lipinski definition) is 6. The number of likely N-dealkylation sites (N-methyl/N-ethyl adjacent to an activating group) is 1. The molecule has 0 aromatic carbocycles. The number of ether oxygens (including phenoxy) is 2. The fourth-order valence-corrected chi connectivity index (χ4v) is 7.03. The Labute approximate surface area is 387 Å². The maximum Gasteiger partial charge on any atom is 0.472 e. The Morgan fingerprint density at radius 2 is 0.921 bits per heavy atom. The summed E-state index contributed by atoms with van der Waals surface area (Å²) in [4.78, 5) is 23.0. The number of quaternary nitrogens is 1. The number of phosphoric ester groups is 1. The fraction of sp³-hybridized carbons (Fsp3) is 0.685. The van der Waals surface area contributed by atoms with E-state index in [1.54, 1.807) is 0 Å². The summed E-state index contributed by atoms with van der Waals surface area (Å²) >= 11 is 0. The third kappa shape index (κ3) is 50.3. The molecular weight excluding hydrogens is 806 g/mol. The van der Waals surface area contributed by atoms with Gasteiger partial charge in [-0.15, -0.1) is 0 Å². The van der Waals surface area contributed by atoms with E-state index >= 15 is 0 Å². The Bertz CT molecular complexity index is 1320. The average molecular weight is 901 g/mol. The van der Waals surface area contributed by atoms with Crippen LogP contribution >= 0.6 is 7.82 Å². The number of allylic oxidation sites excluding steroid dienone is 16. The molecule has 0 rings (SSSR count). The summed E-state index contributed by atoms with van der Waals surface area (Å²) in [6.07, 6.45) is 63.0. The van der Waals surface area contributed by atoms with Gasteiger partial charge in [0, 0.05) is 13.0 Å². The molecule has 8 nitrogen and oxygen atoms in total. The van der Waals surface area contributed by atoms with Crippen molar-refractivity contribution in [3.63, 3.8) is 0 Å². The monoisotopic (exact) mass is 901 g/mol. The van der Waals surface area contributed by atoms with Crippen LogP contribution in [0.25, 0.3) is 0 Å². The smallest absolute Gasteiger partial charge is 0.457 e. The van der Waals surface area contributed by atoms with Crippen LogP contribution in [-0.4, -0.2) is 75.6 Å². The molecule has 0 bridgehead atoms. The molecule has 0 amide bonds. The minimum atomic E-state index is -4.29. The van der Waals surface area contributed by atoms with Gasteiger partial charge in [-0.3, -0.25) is 13.8 Å². The van der Waals surface area contributed by atoms with Gasteiger partial charge in [0.25, 0.3) is 0 Å². The van der Waals surface area contributed by atoms with Gasteiger partial charge in [0.1, 0.15) is 19.3 Å². The Morgan fingerprint density at radius 3 is 1.38 bits per heavy atom. The number of phosphoric acid groups is 1. The van der Waals surface area contributed by atoms with Gasteiger partial charge >= 0.3 is 13.8 Å². The zero-order valence-electron chi connectivity index (χ0n) is 41.0. The van der Waals surface area contributed by atoms with Crippen molar-refractivity contribution in [1.82, 2.24) is 0 Å². The van der Waals surface area contributed by atoms with E-state index in [-0.39, 0.29) is 25.8 Å². The lowest BCUT2D eigenvalue weighted by molar-refractivity contribution is -0.870. The van der Waals surface area contributed by atoms with Crippen LogP contribution < -0.4 is 0 Å². The van der Waals surface area contributed by atoms with Crippen molar-refractivity contribution >= 4 is 13.8 Å². The number of rotatable bonds is 45. The van der Waals surface area contributed by atoms with Crippen molar-refractivity contribution in [2.24, 2.45) is 0 Å². The van der Waals surface area contributed by atoms with Crippen LogP contribution in [0, 0.1) is 0 Å². The van der Waals surface area contributed by atoms with Gasteiger partial charge in [-0.1, -0.05) is 175 Å². The van der Waals surface area contributed by atoms with Gasteiger partial charge in [0.15, 0.2) is 0 Å². The Hall–Kier alpha value is -2.58. The summed E-state index contributed by atoms with van der Waals surface area (Å²) in [7, 11) is 1.63. The number of carbonyl (C=O) groups is 1. The third-order valence-electron chi connectivity index (χ3n) is 10.1. The first-order valence-corrected chi connectivity index (χ1v) is 26.5. The Kier molecular flexibility index (Phi) is 44.1. The number of nitrogens with zero attached hydrogens (tertiary/aromatic N) is 1. The molecule has 0 aliphatic rings. The second kappa shape index (κ2) is 46.0. The van der Waals surface area contributed by atoms with E-state index in [1.807, 2.05) is 21.1 Å². The number of unbranched alkanes of at least 4 members (excludes halogenated alkanes) is 15. The normalized spacial score (nSPS) is 14.4. The molecule has 0 spiro atoms. The van der Waals surface area contributed by atoms with E-state index in [0.29, 0.717) is 24.1 Å². The third-order valence-corrected chi connectivity index (χ3v) is 11.1. The molecule has 0 aromatic heterocycles. The van der Waals surface area contributed by atoms with E-state index in [2.05, 4.69) is 111 Å². The lowest BCUT2D eigenvalue weighted by Crippen LogP contribution is -2.37. The standard InChI is InChI=1S/C54H94NO7P/c1-6-8-10-12-14-16-18-20-22-24-25-26-27-28-29-30-31-32-33-35-37-39-41-43-45-47-54(56)62-53(52-61-63(57,58)60-50-48-55(3,4)5)51-59-49-46-44-42-40-38-36-34-23-21-19-17-15-13-11-9-7-2/h8,10,14-17,20-23,25-26,28-29,31-32,53H,6-7,9,11-13,18-19,24,27,30,33-52H2,1-5H3/p+1/b10-8-,16-14-,17-15-,22-20-,23-21-,26-25-,29-28-,32-31-. The summed E-state index contributed by atoms with van der Waals surface area (Å²) in [5.74, 6) is -0.336. The maximum atomic E-state index is 12.8. The second-order valence-electron chi connectivity index (χ2n) is 17.5. The largest absolute Gasteiger partial charge is 0.472 e. The summed E-state index contributed by atoms with van der Waals surface area (Å²) < 4.78 is 35.1. The van der Waals surface area contributed by atoms with Crippen LogP contribution in [0.4, 0.5) is 0 Å². The highest BCUT2D eigenvalue weighted by molar-refractivity contribution is 7.47. The molecule has 0 saturated heterocycles. The maximum absolute atomic E-state index is 12.8. The van der Waals surface area contributed by atoms with Gasteiger partial charge in [-0.05, 0) is 96.3 Å². The molecule has 362 valence electrons. The highest BCUT2D eigenvalue weighted by Gasteiger charge is 2.26. The molecule has 1 N–H and O–H groups in total. The molecule has 0 aliphatic heterocycles. The highest BCUT2D eigenvalue weighted by Crippen LogP contribution is 2.43. The highest BCUT2D eigenvalue weighted by atomic mass is 31.2. The fourth-order valence-electron chi connectivity index (χ4n) is 6.29. The van der Waals surface area contributed by atoms with E-state index < -0.39 is 13.9 Å². The van der Waals surface area contributed by atoms with Gasteiger partial charge in [0.05, 0.1) is 34.4 Å². The van der Waals surface area contributed by atoms with E-state index in [1.165, 1.54) is 57.8 Å². The van der Waals surface area contributed by atoms with Crippen molar-refractivity contribution < 1.29 is 37.3 Å². The van der Waals surface area contributed by atoms with Crippen molar-refractivity contribution in [3.8, 4) is 0 Å². The van der Waals surface area contributed by atoms with Crippen molar-refractivity contribution in [1.29, 1.82) is 0 Å². The second-order valence-corrected chi connectivity index (χ2v) is 18.9. The van der Waals surface area contributed by atoms with Gasteiger partial charge in [0.2, 0.25) is 0 Å². The SMILES string of the molecule is CC/C=C\C/C=C\C/C=C\C/C=C\C/C=C\C/C=C\CCCCCCCCC(=O)OC(COCCCCCCCC/C=C\C/C=C\CCCCC)COP(=O)(O)OCC[N+](C)(C)C. The molecule has 0 fully saturated rings. The van der Waals surface area contributed by atoms with Gasteiger partial charge in [-0.25, -0.2) is 4.57 Å². The lowest BCUT2D eigenvalue weighted by atomic mass is 10.1. The Morgan fingerprint density at radius 1 is 0.508 bits per heavy atom. The molecule has 9 heteroatoms. The average Bonchev–Trinajstić information content (AvgIpc) is 3.24.